The van der Waals surface area contributed by atoms with Crippen molar-refractivity contribution in [3.8, 4) is 0 Å². The van der Waals surface area contributed by atoms with E-state index in [2.05, 4.69) is 4.98 Å². The molecule has 0 radical (unpaired) electrons. The van der Waals surface area contributed by atoms with E-state index >= 15 is 0 Å². The van der Waals surface area contributed by atoms with Gasteiger partial charge < -0.3 is 4.74 Å². The maximum absolute atomic E-state index is 13.3. The first-order chi connectivity index (χ1) is 11.6. The number of halogens is 1. The zero-order valence-corrected chi connectivity index (χ0v) is 13.7. The molecule has 0 N–H and O–H groups in total. The molecule has 122 valence electrons. The third-order valence-corrected chi connectivity index (χ3v) is 4.83. The number of pyridine rings is 1. The number of carbonyl (C=O) groups is 1. The van der Waals surface area contributed by atoms with Crippen molar-refractivity contribution >= 4 is 27.7 Å². The highest BCUT2D eigenvalue weighted by Crippen LogP contribution is 2.22. The second-order valence-corrected chi connectivity index (χ2v) is 6.51. The summed E-state index contributed by atoms with van der Waals surface area (Å²) in [5, 5.41) is 0.897. The lowest BCUT2D eigenvalue weighted by molar-refractivity contribution is 0.0596. The van der Waals surface area contributed by atoms with E-state index in [1.807, 2.05) is 18.2 Å². The minimum absolute atomic E-state index is 0.0626. The highest BCUT2D eigenvalue weighted by molar-refractivity contribution is 7.84. The van der Waals surface area contributed by atoms with Gasteiger partial charge in [-0.25, -0.2) is 14.2 Å². The van der Waals surface area contributed by atoms with Gasteiger partial charge in [-0.3, -0.25) is 4.21 Å². The molecule has 0 fully saturated rings. The van der Waals surface area contributed by atoms with Gasteiger partial charge in [-0.1, -0.05) is 30.3 Å². The summed E-state index contributed by atoms with van der Waals surface area (Å²) in [6.07, 6.45) is 0. The quantitative estimate of drug-likeness (QED) is 0.681. The van der Waals surface area contributed by atoms with Crippen LogP contribution in [-0.2, 0) is 21.3 Å². The van der Waals surface area contributed by atoms with Crippen LogP contribution in [0, 0.1) is 5.82 Å². The standard InChI is InChI=1S/C18H14FNO3S/c1-23-18(21)15-10-13-6-2-3-8-16(13)20-17(15)24(22)11-12-5-4-7-14(19)9-12/h2-10H,11H2,1H3. The Morgan fingerprint density at radius 1 is 1.17 bits per heavy atom. The van der Waals surface area contributed by atoms with Crippen molar-refractivity contribution in [3.63, 3.8) is 0 Å². The number of nitrogens with zero attached hydrogens (tertiary/aromatic N) is 1. The Morgan fingerprint density at radius 2 is 1.96 bits per heavy atom. The molecule has 0 bridgehead atoms. The van der Waals surface area contributed by atoms with Gasteiger partial charge in [0.1, 0.15) is 10.8 Å². The van der Waals surface area contributed by atoms with Crippen LogP contribution < -0.4 is 0 Å². The van der Waals surface area contributed by atoms with Gasteiger partial charge in [-0.15, -0.1) is 0 Å². The van der Waals surface area contributed by atoms with Crippen molar-refractivity contribution < 1.29 is 18.1 Å². The third kappa shape index (κ3) is 3.33. The topological polar surface area (TPSA) is 56.3 Å². The van der Waals surface area contributed by atoms with Gasteiger partial charge in [0.05, 0.1) is 34.7 Å². The van der Waals surface area contributed by atoms with Gasteiger partial charge in [0.2, 0.25) is 0 Å². The summed E-state index contributed by atoms with van der Waals surface area (Å²) in [7, 11) is -0.350. The van der Waals surface area contributed by atoms with Crippen LogP contribution in [0.4, 0.5) is 4.39 Å². The normalized spacial score (nSPS) is 12.1. The van der Waals surface area contributed by atoms with Gasteiger partial charge in [-0.05, 0) is 29.8 Å². The van der Waals surface area contributed by atoms with Crippen molar-refractivity contribution in [1.29, 1.82) is 0 Å². The second kappa shape index (κ2) is 6.88. The summed E-state index contributed by atoms with van der Waals surface area (Å²) in [6.45, 7) is 0. The maximum atomic E-state index is 13.3. The molecular weight excluding hydrogens is 329 g/mol. The van der Waals surface area contributed by atoms with Crippen LogP contribution in [0.5, 0.6) is 0 Å². The number of para-hydroxylation sites is 1. The number of fused-ring (bicyclic) bond motifs is 1. The molecule has 0 spiro atoms. The van der Waals surface area contributed by atoms with E-state index in [4.69, 9.17) is 4.74 Å². The van der Waals surface area contributed by atoms with E-state index in [0.29, 0.717) is 11.1 Å². The van der Waals surface area contributed by atoms with Gasteiger partial charge in [0.15, 0.2) is 0 Å². The molecule has 3 aromatic rings. The molecule has 0 saturated heterocycles. The molecule has 24 heavy (non-hydrogen) atoms. The summed E-state index contributed by atoms with van der Waals surface area (Å²) in [5.41, 5.74) is 1.36. The van der Waals surface area contributed by atoms with Crippen LogP contribution in [0.1, 0.15) is 15.9 Å². The van der Waals surface area contributed by atoms with Crippen LogP contribution >= 0.6 is 0 Å². The number of hydrogen-bond donors (Lipinski definition) is 0. The zero-order valence-electron chi connectivity index (χ0n) is 12.9. The van der Waals surface area contributed by atoms with Crippen molar-refractivity contribution in [1.82, 2.24) is 4.98 Å². The van der Waals surface area contributed by atoms with Crippen LogP contribution in [0.3, 0.4) is 0 Å². The Bertz CT molecular complexity index is 942. The number of hydrogen-bond acceptors (Lipinski definition) is 4. The molecule has 0 aliphatic rings. The lowest BCUT2D eigenvalue weighted by atomic mass is 10.1. The summed E-state index contributed by atoms with van der Waals surface area (Å²) >= 11 is 0. The van der Waals surface area contributed by atoms with Crippen molar-refractivity contribution in [3.05, 3.63) is 71.5 Å². The molecule has 3 rings (SSSR count). The fourth-order valence-corrected chi connectivity index (χ4v) is 3.58. The minimum atomic E-state index is -1.61. The van der Waals surface area contributed by atoms with Crippen LogP contribution in [0.2, 0.25) is 0 Å². The smallest absolute Gasteiger partial charge is 0.340 e. The average molecular weight is 343 g/mol. The number of esters is 1. The lowest BCUT2D eigenvalue weighted by Crippen LogP contribution is -2.10. The monoisotopic (exact) mass is 343 g/mol. The molecular formula is C18H14FNO3S. The Hall–Kier alpha value is -2.60. The first-order valence-corrected chi connectivity index (χ1v) is 8.51. The first-order valence-electron chi connectivity index (χ1n) is 7.19. The average Bonchev–Trinajstić information content (AvgIpc) is 2.60. The maximum Gasteiger partial charge on any atom is 0.340 e. The number of methoxy groups -OCH3 is 1. The number of aromatic nitrogens is 1. The van der Waals surface area contributed by atoms with Gasteiger partial charge in [-0.2, -0.15) is 0 Å². The second-order valence-electron chi connectivity index (χ2n) is 5.15. The van der Waals surface area contributed by atoms with E-state index in [1.165, 1.54) is 19.2 Å². The largest absolute Gasteiger partial charge is 0.465 e. The van der Waals surface area contributed by atoms with Crippen LogP contribution in [0.15, 0.2) is 59.6 Å². The number of benzene rings is 2. The summed E-state index contributed by atoms with van der Waals surface area (Å²) in [4.78, 5) is 16.4. The number of rotatable bonds is 4. The van der Waals surface area contributed by atoms with E-state index in [9.17, 15) is 13.4 Å². The first kappa shape index (κ1) is 16.3. The lowest BCUT2D eigenvalue weighted by Gasteiger charge is -2.09. The minimum Gasteiger partial charge on any atom is -0.465 e. The number of carbonyl (C=O) groups excluding carboxylic acids is 1. The molecule has 1 unspecified atom stereocenters. The molecule has 0 aliphatic carbocycles. The summed E-state index contributed by atoms with van der Waals surface area (Å²) in [5.74, 6) is -0.937. The molecule has 1 atom stereocenters. The Morgan fingerprint density at radius 3 is 2.71 bits per heavy atom. The van der Waals surface area contributed by atoms with E-state index in [0.717, 1.165) is 5.39 Å². The van der Waals surface area contributed by atoms with Gasteiger partial charge >= 0.3 is 5.97 Å². The predicted molar refractivity (Wildman–Crippen MR) is 89.6 cm³/mol. The van der Waals surface area contributed by atoms with Gasteiger partial charge in [0.25, 0.3) is 0 Å². The molecule has 0 amide bonds. The van der Waals surface area contributed by atoms with Crippen molar-refractivity contribution in [2.24, 2.45) is 0 Å². The molecule has 2 aromatic carbocycles. The van der Waals surface area contributed by atoms with Gasteiger partial charge in [0, 0.05) is 5.39 Å². The van der Waals surface area contributed by atoms with Crippen molar-refractivity contribution in [2.75, 3.05) is 7.11 Å². The molecule has 0 aliphatic heterocycles. The third-order valence-electron chi connectivity index (χ3n) is 3.50. The molecule has 6 heteroatoms. The van der Waals surface area contributed by atoms with E-state index < -0.39 is 22.6 Å². The van der Waals surface area contributed by atoms with E-state index in [-0.39, 0.29) is 16.3 Å². The molecule has 4 nitrogen and oxygen atoms in total. The fourth-order valence-electron chi connectivity index (χ4n) is 2.37. The summed E-state index contributed by atoms with van der Waals surface area (Å²) in [6, 6.07) is 14.7. The Labute approximate surface area is 140 Å². The summed E-state index contributed by atoms with van der Waals surface area (Å²) < 4.78 is 30.8. The van der Waals surface area contributed by atoms with Crippen LogP contribution in [0.25, 0.3) is 10.9 Å². The number of ether oxygens (including phenoxy) is 1. The highest BCUT2D eigenvalue weighted by atomic mass is 32.2. The highest BCUT2D eigenvalue weighted by Gasteiger charge is 2.20. The zero-order chi connectivity index (χ0) is 17.1. The fraction of sp³-hybridized carbons (Fsp3) is 0.111. The predicted octanol–water partition coefficient (Wildman–Crippen LogP) is 3.47. The Kier molecular flexibility index (Phi) is 4.66. The van der Waals surface area contributed by atoms with Crippen molar-refractivity contribution in [2.45, 2.75) is 10.8 Å². The molecule has 0 saturated carbocycles. The van der Waals surface area contributed by atoms with Crippen LogP contribution in [-0.4, -0.2) is 22.3 Å². The molecule has 1 heterocycles. The SMILES string of the molecule is COC(=O)c1cc2ccccc2nc1S(=O)Cc1cccc(F)c1. The van der Waals surface area contributed by atoms with E-state index in [1.54, 1.807) is 24.3 Å². The Balaban J connectivity index is 2.05. The molecule has 1 aromatic heterocycles.